The van der Waals surface area contributed by atoms with Crippen molar-refractivity contribution in [3.63, 3.8) is 0 Å². The molecule has 9 heteroatoms. The minimum absolute atomic E-state index is 0.0141. The van der Waals surface area contributed by atoms with Crippen molar-refractivity contribution in [2.45, 2.75) is 31.4 Å². The van der Waals surface area contributed by atoms with E-state index >= 15 is 0 Å². The average molecular weight is 459 g/mol. The van der Waals surface area contributed by atoms with E-state index in [4.69, 9.17) is 0 Å². The molecule has 1 heterocycles. The second-order valence-corrected chi connectivity index (χ2v) is 8.10. The van der Waals surface area contributed by atoms with Gasteiger partial charge in [-0.3, -0.25) is 9.59 Å². The van der Waals surface area contributed by atoms with E-state index < -0.39 is 29.4 Å². The van der Waals surface area contributed by atoms with Crippen LogP contribution in [0.5, 0.6) is 0 Å². The molecule has 2 aliphatic carbocycles. The van der Waals surface area contributed by atoms with Crippen LogP contribution in [-0.2, 0) is 17.4 Å². The van der Waals surface area contributed by atoms with E-state index in [1.54, 1.807) is 12.3 Å². The Morgan fingerprint density at radius 1 is 1.21 bits per heavy atom. The van der Waals surface area contributed by atoms with Gasteiger partial charge in [-0.15, -0.1) is 0 Å². The third-order valence-corrected chi connectivity index (χ3v) is 6.30. The molecule has 1 aromatic heterocycles. The van der Waals surface area contributed by atoms with E-state index in [-0.39, 0.29) is 27.6 Å². The van der Waals surface area contributed by atoms with Gasteiger partial charge in [0.05, 0.1) is 11.3 Å². The van der Waals surface area contributed by atoms with Gasteiger partial charge in [-0.05, 0) is 54.4 Å². The fraction of sp³-hybridized carbons (Fsp3) is 0.368. The summed E-state index contributed by atoms with van der Waals surface area (Å²) in [6.07, 6.45) is -0.941. The number of carbonyl (C=O) groups is 1. The average Bonchev–Trinajstić information content (AvgIpc) is 2.92. The van der Waals surface area contributed by atoms with Gasteiger partial charge in [0.1, 0.15) is 5.82 Å². The lowest BCUT2D eigenvalue weighted by Gasteiger charge is -2.31. The summed E-state index contributed by atoms with van der Waals surface area (Å²) in [5.74, 6) is -2.07. The first-order chi connectivity index (χ1) is 13.1. The molecule has 2 aliphatic rings. The number of hydrogen-bond acceptors (Lipinski definition) is 2. The number of aromatic amines is 1. The molecule has 28 heavy (non-hydrogen) atoms. The summed E-state index contributed by atoms with van der Waals surface area (Å²) in [6, 6.07) is 2.85. The van der Waals surface area contributed by atoms with E-state index in [9.17, 15) is 27.2 Å². The molecule has 0 saturated heterocycles. The molecule has 0 aliphatic heterocycles. The SMILES string of the molecule is O=C(Nc1cc(Br)c(C(F)(F)F)cc1F)C1[C@@H]2CC[C@@H]1c1c[nH]c(=O)cc1C2. The van der Waals surface area contributed by atoms with Gasteiger partial charge in [-0.1, -0.05) is 15.9 Å². The highest BCUT2D eigenvalue weighted by Gasteiger charge is 2.46. The van der Waals surface area contributed by atoms with Gasteiger partial charge in [0.25, 0.3) is 0 Å². The van der Waals surface area contributed by atoms with Gasteiger partial charge in [-0.2, -0.15) is 13.2 Å². The van der Waals surface area contributed by atoms with Crippen molar-refractivity contribution in [3.05, 3.63) is 61.7 Å². The minimum atomic E-state index is -4.70. The Balaban J connectivity index is 1.61. The summed E-state index contributed by atoms with van der Waals surface area (Å²) < 4.78 is 52.5. The zero-order chi connectivity index (χ0) is 20.2. The normalized spacial score (nSPS) is 23.4. The molecular weight excluding hydrogens is 444 g/mol. The number of benzene rings is 1. The van der Waals surface area contributed by atoms with E-state index in [2.05, 4.69) is 26.2 Å². The van der Waals surface area contributed by atoms with Crippen LogP contribution in [-0.4, -0.2) is 10.9 Å². The van der Waals surface area contributed by atoms with Crippen LogP contribution in [0.3, 0.4) is 0 Å². The van der Waals surface area contributed by atoms with Crippen LogP contribution in [0.25, 0.3) is 0 Å². The van der Waals surface area contributed by atoms with Crippen LogP contribution >= 0.6 is 15.9 Å². The number of halogens is 5. The number of nitrogens with one attached hydrogen (secondary N) is 2. The zero-order valence-corrected chi connectivity index (χ0v) is 16.0. The fourth-order valence-electron chi connectivity index (χ4n) is 4.46. The van der Waals surface area contributed by atoms with Gasteiger partial charge < -0.3 is 10.3 Å². The van der Waals surface area contributed by atoms with Crippen LogP contribution in [0.2, 0.25) is 0 Å². The van der Waals surface area contributed by atoms with Crippen LogP contribution in [0, 0.1) is 17.7 Å². The van der Waals surface area contributed by atoms with E-state index in [1.807, 2.05) is 0 Å². The smallest absolute Gasteiger partial charge is 0.329 e. The molecule has 0 spiro atoms. The van der Waals surface area contributed by atoms with E-state index in [1.165, 1.54) is 0 Å². The maximum atomic E-state index is 14.2. The summed E-state index contributed by atoms with van der Waals surface area (Å²) in [4.78, 5) is 27.0. The lowest BCUT2D eigenvalue weighted by Crippen LogP contribution is -2.34. The maximum absolute atomic E-state index is 14.2. The molecule has 1 saturated carbocycles. The number of carbonyl (C=O) groups excluding carboxylic acids is 1. The Hall–Kier alpha value is -2.16. The Morgan fingerprint density at radius 2 is 1.96 bits per heavy atom. The van der Waals surface area contributed by atoms with Gasteiger partial charge in [0, 0.05) is 22.7 Å². The third-order valence-electron chi connectivity index (χ3n) is 5.64. The highest BCUT2D eigenvalue weighted by atomic mass is 79.9. The Kier molecular flexibility index (Phi) is 4.60. The van der Waals surface area contributed by atoms with Crippen molar-refractivity contribution in [2.75, 3.05) is 5.32 Å². The molecular formula is C19H15BrF4N2O2. The largest absolute Gasteiger partial charge is 0.417 e. The minimum Gasteiger partial charge on any atom is -0.329 e. The second kappa shape index (κ2) is 6.72. The lowest BCUT2D eigenvalue weighted by atomic mass is 9.75. The first-order valence-electron chi connectivity index (χ1n) is 8.73. The molecule has 4 nitrogen and oxygen atoms in total. The summed E-state index contributed by atoms with van der Waals surface area (Å²) in [5, 5.41) is 2.46. The predicted octanol–water partition coefficient (Wildman–Crippen LogP) is 4.60. The molecule has 1 aromatic carbocycles. The predicted molar refractivity (Wildman–Crippen MR) is 97.5 cm³/mol. The van der Waals surface area contributed by atoms with Crippen molar-refractivity contribution >= 4 is 27.5 Å². The lowest BCUT2D eigenvalue weighted by molar-refractivity contribution is -0.138. The van der Waals surface area contributed by atoms with Crippen LogP contribution in [0.1, 0.15) is 35.4 Å². The number of amides is 1. The number of rotatable bonds is 2. The quantitative estimate of drug-likeness (QED) is 0.646. The van der Waals surface area contributed by atoms with E-state index in [0.29, 0.717) is 12.5 Å². The first-order valence-corrected chi connectivity index (χ1v) is 9.53. The molecule has 1 amide bonds. The molecule has 1 fully saturated rings. The number of aromatic nitrogens is 1. The van der Waals surface area contributed by atoms with E-state index in [0.717, 1.165) is 30.0 Å². The molecule has 3 atom stereocenters. The fourth-order valence-corrected chi connectivity index (χ4v) is 5.03. The summed E-state index contributed by atoms with van der Waals surface area (Å²) >= 11 is 2.80. The first kappa shape index (κ1) is 19.2. The number of hydrogen-bond donors (Lipinski definition) is 2. The van der Waals surface area contributed by atoms with Crippen LogP contribution in [0.4, 0.5) is 23.2 Å². The third kappa shape index (κ3) is 3.25. The number of fused-ring (bicyclic) bond motifs is 4. The molecule has 4 rings (SSSR count). The van der Waals surface area contributed by atoms with Gasteiger partial charge in [0.2, 0.25) is 11.5 Å². The molecule has 2 N–H and O–H groups in total. The van der Waals surface area contributed by atoms with Crippen molar-refractivity contribution < 1.29 is 22.4 Å². The maximum Gasteiger partial charge on any atom is 0.417 e. The van der Waals surface area contributed by atoms with Crippen molar-refractivity contribution in [1.29, 1.82) is 0 Å². The van der Waals surface area contributed by atoms with Crippen molar-refractivity contribution in [1.82, 2.24) is 4.98 Å². The number of H-pyrrole nitrogens is 1. The second-order valence-electron chi connectivity index (χ2n) is 7.25. The number of pyridine rings is 1. The van der Waals surface area contributed by atoms with Crippen LogP contribution in [0.15, 0.2) is 33.7 Å². The molecule has 1 unspecified atom stereocenters. The zero-order valence-electron chi connectivity index (χ0n) is 14.4. The highest BCUT2D eigenvalue weighted by Crippen LogP contribution is 2.50. The molecule has 148 valence electrons. The summed E-state index contributed by atoms with van der Waals surface area (Å²) in [5.41, 5.74) is 0.194. The van der Waals surface area contributed by atoms with Crippen molar-refractivity contribution in [3.8, 4) is 0 Å². The Morgan fingerprint density at radius 3 is 2.68 bits per heavy atom. The topological polar surface area (TPSA) is 62.0 Å². The highest BCUT2D eigenvalue weighted by molar-refractivity contribution is 9.10. The number of anilines is 1. The monoisotopic (exact) mass is 458 g/mol. The summed E-state index contributed by atoms with van der Waals surface area (Å²) in [6.45, 7) is 0. The molecule has 0 radical (unpaired) electrons. The molecule has 2 bridgehead atoms. The Bertz CT molecular complexity index is 1020. The van der Waals surface area contributed by atoms with Crippen LogP contribution < -0.4 is 10.9 Å². The summed E-state index contributed by atoms with van der Waals surface area (Å²) in [7, 11) is 0. The Labute approximate surface area is 165 Å². The van der Waals surface area contributed by atoms with Gasteiger partial charge in [0.15, 0.2) is 0 Å². The molecule has 2 aromatic rings. The van der Waals surface area contributed by atoms with Crippen molar-refractivity contribution in [2.24, 2.45) is 11.8 Å². The number of alkyl halides is 3. The standard InChI is InChI=1S/C19H15BrF4N2O2/c20-13-6-15(14(21)5-12(13)19(22,23)24)26-18(28)17-8-1-2-10(17)11-7-25-16(27)4-9(11)3-8/h4-8,10,17H,1-3H2,(H,25,27)(H,26,28)/t8-,10-,17?/m1/s1. The van der Waals surface area contributed by atoms with Gasteiger partial charge in [-0.25, -0.2) is 4.39 Å². The van der Waals surface area contributed by atoms with Gasteiger partial charge >= 0.3 is 6.18 Å².